The number of ether oxygens (including phenoxy) is 1. The van der Waals surface area contributed by atoms with Crippen molar-refractivity contribution in [1.82, 2.24) is 0 Å². The fraction of sp³-hybridized carbons (Fsp3) is 0.0625. The first kappa shape index (κ1) is 17.0. The van der Waals surface area contributed by atoms with Gasteiger partial charge in [-0.3, -0.25) is 10.1 Å². The Kier molecular flexibility index (Phi) is 5.37. The quantitative estimate of drug-likeness (QED) is 0.314. The highest BCUT2D eigenvalue weighted by Crippen LogP contribution is 2.35. The van der Waals surface area contributed by atoms with Crippen molar-refractivity contribution in [2.24, 2.45) is 0 Å². The molecule has 0 amide bonds. The second-order valence-electron chi connectivity index (χ2n) is 4.50. The minimum atomic E-state index is -0.501. The molecule has 0 saturated heterocycles. The summed E-state index contributed by atoms with van der Waals surface area (Å²) in [7, 11) is 1.51. The Hall–Kier alpha value is -2.36. The number of nitriles is 1. The van der Waals surface area contributed by atoms with Gasteiger partial charge >= 0.3 is 0 Å². The summed E-state index contributed by atoms with van der Waals surface area (Å²) >= 11 is 9.46. The van der Waals surface area contributed by atoms with Crippen LogP contribution in [0.15, 0.2) is 40.9 Å². The standard InChI is InChI=1S/C16H10BrClN2O3/c1-23-16-14(17)6-10(7-15(16)18)5-12(9-19)11-3-2-4-13(8-11)20(21)22/h2-8H,1H3. The van der Waals surface area contributed by atoms with E-state index in [0.717, 1.165) is 0 Å². The van der Waals surface area contributed by atoms with Crippen LogP contribution in [0.4, 0.5) is 5.69 Å². The molecule has 2 aromatic rings. The molecule has 0 spiro atoms. The molecular weight excluding hydrogens is 384 g/mol. The van der Waals surface area contributed by atoms with E-state index in [9.17, 15) is 15.4 Å². The highest BCUT2D eigenvalue weighted by Gasteiger charge is 2.11. The first-order valence-electron chi connectivity index (χ1n) is 6.36. The van der Waals surface area contributed by atoms with Gasteiger partial charge in [0.15, 0.2) is 5.75 Å². The van der Waals surface area contributed by atoms with Crippen LogP contribution in [-0.4, -0.2) is 12.0 Å². The van der Waals surface area contributed by atoms with Crippen LogP contribution in [0, 0.1) is 21.4 Å². The van der Waals surface area contributed by atoms with E-state index in [4.69, 9.17) is 16.3 Å². The summed E-state index contributed by atoms with van der Waals surface area (Å²) in [6, 6.07) is 11.4. The van der Waals surface area contributed by atoms with Crippen molar-refractivity contribution in [1.29, 1.82) is 5.26 Å². The molecule has 7 heteroatoms. The lowest BCUT2D eigenvalue weighted by Crippen LogP contribution is -1.90. The van der Waals surface area contributed by atoms with Gasteiger partial charge in [0.25, 0.3) is 5.69 Å². The van der Waals surface area contributed by atoms with Gasteiger partial charge in [-0.1, -0.05) is 23.7 Å². The average Bonchev–Trinajstić information content (AvgIpc) is 2.52. The van der Waals surface area contributed by atoms with Crippen molar-refractivity contribution in [3.63, 3.8) is 0 Å². The van der Waals surface area contributed by atoms with Crippen molar-refractivity contribution < 1.29 is 9.66 Å². The van der Waals surface area contributed by atoms with Crippen molar-refractivity contribution in [3.8, 4) is 11.8 Å². The highest BCUT2D eigenvalue weighted by molar-refractivity contribution is 9.10. The Morgan fingerprint density at radius 1 is 1.43 bits per heavy atom. The number of nitrogens with zero attached hydrogens (tertiary/aromatic N) is 2. The summed E-state index contributed by atoms with van der Waals surface area (Å²) in [4.78, 5) is 10.3. The SMILES string of the molecule is COc1c(Cl)cc(C=C(C#N)c2cccc([N+](=O)[O-])c2)cc1Br. The maximum absolute atomic E-state index is 10.8. The molecule has 0 aliphatic rings. The summed E-state index contributed by atoms with van der Waals surface area (Å²) in [5, 5.41) is 20.6. The van der Waals surface area contributed by atoms with Crippen LogP contribution >= 0.6 is 27.5 Å². The number of methoxy groups -OCH3 is 1. The molecule has 0 fully saturated rings. The smallest absolute Gasteiger partial charge is 0.270 e. The van der Waals surface area contributed by atoms with Crippen LogP contribution in [0.1, 0.15) is 11.1 Å². The second-order valence-corrected chi connectivity index (χ2v) is 5.76. The molecular formula is C16H10BrClN2O3. The molecule has 0 aromatic heterocycles. The number of benzene rings is 2. The minimum Gasteiger partial charge on any atom is -0.494 e. The normalized spacial score (nSPS) is 11.0. The van der Waals surface area contributed by atoms with Gasteiger partial charge in [-0.15, -0.1) is 0 Å². The molecule has 5 nitrogen and oxygen atoms in total. The Balaban J connectivity index is 2.50. The molecule has 0 N–H and O–H groups in total. The molecule has 0 saturated carbocycles. The van der Waals surface area contributed by atoms with Gasteiger partial charge < -0.3 is 4.74 Å². The maximum Gasteiger partial charge on any atom is 0.270 e. The monoisotopic (exact) mass is 392 g/mol. The lowest BCUT2D eigenvalue weighted by molar-refractivity contribution is -0.384. The molecule has 116 valence electrons. The first-order valence-corrected chi connectivity index (χ1v) is 7.53. The van der Waals surface area contributed by atoms with Gasteiger partial charge in [-0.2, -0.15) is 5.26 Å². The van der Waals surface area contributed by atoms with E-state index in [1.54, 1.807) is 24.3 Å². The van der Waals surface area contributed by atoms with Crippen LogP contribution in [0.3, 0.4) is 0 Å². The number of non-ortho nitro benzene ring substituents is 1. The van der Waals surface area contributed by atoms with Crippen molar-refractivity contribution in [2.75, 3.05) is 7.11 Å². The Bertz CT molecular complexity index is 820. The van der Waals surface area contributed by atoms with E-state index in [1.165, 1.54) is 25.3 Å². The number of nitro benzene ring substituents is 1. The van der Waals surface area contributed by atoms with Gasteiger partial charge in [0.2, 0.25) is 0 Å². The van der Waals surface area contributed by atoms with Crippen LogP contribution in [0.25, 0.3) is 11.6 Å². The summed E-state index contributed by atoms with van der Waals surface area (Å²) in [5.74, 6) is 0.498. The third-order valence-corrected chi connectivity index (χ3v) is 3.89. The Morgan fingerprint density at radius 2 is 2.17 bits per heavy atom. The molecule has 0 unspecified atom stereocenters. The van der Waals surface area contributed by atoms with Crippen molar-refractivity contribution in [2.45, 2.75) is 0 Å². The summed E-state index contributed by atoms with van der Waals surface area (Å²) in [6.07, 6.45) is 1.61. The topological polar surface area (TPSA) is 76.2 Å². The molecule has 0 aliphatic heterocycles. The highest BCUT2D eigenvalue weighted by atomic mass is 79.9. The molecule has 0 radical (unpaired) electrons. The fourth-order valence-corrected chi connectivity index (χ4v) is 3.05. The molecule has 0 atom stereocenters. The summed E-state index contributed by atoms with van der Waals surface area (Å²) in [5.41, 5.74) is 1.36. The Labute approximate surface area is 146 Å². The zero-order chi connectivity index (χ0) is 17.0. The molecule has 0 aliphatic carbocycles. The van der Waals surface area contributed by atoms with Crippen molar-refractivity contribution >= 4 is 44.9 Å². The fourth-order valence-electron chi connectivity index (χ4n) is 1.99. The predicted octanol–water partition coefficient (Wildman–Crippen LogP) is 5.08. The lowest BCUT2D eigenvalue weighted by atomic mass is 10.0. The third-order valence-electron chi connectivity index (χ3n) is 3.02. The van der Waals surface area contributed by atoms with Gasteiger partial charge in [0.1, 0.15) is 0 Å². The molecule has 2 aromatic carbocycles. The number of nitro groups is 1. The molecule has 0 heterocycles. The van der Waals surface area contributed by atoms with Gasteiger partial charge in [-0.25, -0.2) is 0 Å². The zero-order valence-corrected chi connectivity index (χ0v) is 14.3. The lowest BCUT2D eigenvalue weighted by Gasteiger charge is -2.07. The number of hydrogen-bond donors (Lipinski definition) is 0. The summed E-state index contributed by atoms with van der Waals surface area (Å²) in [6.45, 7) is 0. The number of hydrogen-bond acceptors (Lipinski definition) is 4. The predicted molar refractivity (Wildman–Crippen MR) is 92.3 cm³/mol. The Morgan fingerprint density at radius 3 is 2.74 bits per heavy atom. The summed E-state index contributed by atoms with van der Waals surface area (Å²) < 4.78 is 5.80. The van der Waals surface area contributed by atoms with E-state index in [2.05, 4.69) is 15.9 Å². The number of halogens is 2. The van der Waals surface area contributed by atoms with Crippen LogP contribution in [0.2, 0.25) is 5.02 Å². The largest absolute Gasteiger partial charge is 0.494 e. The van der Waals surface area contributed by atoms with E-state index in [-0.39, 0.29) is 5.69 Å². The van der Waals surface area contributed by atoms with Crippen molar-refractivity contribution in [3.05, 3.63) is 67.1 Å². The van der Waals surface area contributed by atoms with Gasteiger partial charge in [-0.05, 0) is 45.3 Å². The van der Waals surface area contributed by atoms with E-state index in [1.807, 2.05) is 6.07 Å². The average molecular weight is 394 g/mol. The van der Waals surface area contributed by atoms with E-state index < -0.39 is 4.92 Å². The van der Waals surface area contributed by atoms with Crippen LogP contribution in [-0.2, 0) is 0 Å². The zero-order valence-electron chi connectivity index (χ0n) is 11.9. The second kappa shape index (κ2) is 7.27. The first-order chi connectivity index (χ1) is 11.0. The molecule has 2 rings (SSSR count). The number of rotatable bonds is 4. The van der Waals surface area contributed by atoms with Gasteiger partial charge in [0.05, 0.1) is 33.2 Å². The van der Waals surface area contributed by atoms with E-state index in [0.29, 0.717) is 31.9 Å². The number of allylic oxidation sites excluding steroid dienone is 1. The van der Waals surface area contributed by atoms with E-state index >= 15 is 0 Å². The van der Waals surface area contributed by atoms with Crippen LogP contribution in [0.5, 0.6) is 5.75 Å². The van der Waals surface area contributed by atoms with Crippen LogP contribution < -0.4 is 4.74 Å². The third kappa shape index (κ3) is 3.89. The van der Waals surface area contributed by atoms with Gasteiger partial charge in [0, 0.05) is 12.1 Å². The maximum atomic E-state index is 10.8. The minimum absolute atomic E-state index is 0.0717. The molecule has 0 bridgehead atoms. The molecule has 23 heavy (non-hydrogen) atoms.